The van der Waals surface area contributed by atoms with Gasteiger partial charge in [0.2, 0.25) is 16.6 Å². The van der Waals surface area contributed by atoms with Crippen molar-refractivity contribution in [3.05, 3.63) is 0 Å². The van der Waals surface area contributed by atoms with Gasteiger partial charge in [-0.1, -0.05) is 13.8 Å². The second-order valence-electron chi connectivity index (χ2n) is 3.36. The smallest absolute Gasteiger partial charge is 0.317 e. The zero-order valence-electron chi connectivity index (χ0n) is 8.18. The van der Waals surface area contributed by atoms with Crippen molar-refractivity contribution in [2.75, 3.05) is 7.11 Å². The van der Waals surface area contributed by atoms with E-state index in [2.05, 4.69) is 0 Å². The highest BCUT2D eigenvalue weighted by molar-refractivity contribution is 7.73. The Morgan fingerprint density at radius 3 is 2.36 bits per heavy atom. The summed E-state index contributed by atoms with van der Waals surface area (Å²) in [6.07, 6.45) is -1.05. The molecule has 1 aliphatic rings. The first-order valence-corrected chi connectivity index (χ1v) is 5.25. The second kappa shape index (κ2) is 4.10. The van der Waals surface area contributed by atoms with Gasteiger partial charge in [-0.05, 0) is 5.92 Å². The number of esters is 1. The summed E-state index contributed by atoms with van der Waals surface area (Å²) in [7, 11) is -1.15. The van der Waals surface area contributed by atoms with Gasteiger partial charge in [0.25, 0.3) is 0 Å². The zero-order chi connectivity index (χ0) is 10.9. The van der Waals surface area contributed by atoms with Gasteiger partial charge >= 0.3 is 5.97 Å². The van der Waals surface area contributed by atoms with Crippen LogP contribution in [0.15, 0.2) is 0 Å². The van der Waals surface area contributed by atoms with E-state index < -0.39 is 28.5 Å². The van der Waals surface area contributed by atoms with Gasteiger partial charge in [0.15, 0.2) is 0 Å². The predicted octanol–water partition coefficient (Wildman–Crippen LogP) is -0.161. The molecule has 2 unspecified atom stereocenters. The van der Waals surface area contributed by atoms with E-state index in [0.29, 0.717) is 0 Å². The minimum Gasteiger partial charge on any atom is -0.430 e. The normalized spacial score (nSPS) is 26.9. The number of rotatable bonds is 2. The van der Waals surface area contributed by atoms with E-state index >= 15 is 0 Å². The van der Waals surface area contributed by atoms with Crippen LogP contribution in [-0.4, -0.2) is 32.7 Å². The molecule has 0 aromatic carbocycles. The van der Waals surface area contributed by atoms with Gasteiger partial charge in [-0.3, -0.25) is 4.79 Å². The maximum absolute atomic E-state index is 11.3. The zero-order valence-corrected chi connectivity index (χ0v) is 9.00. The molecule has 0 radical (unpaired) electrons. The molecular weight excluding hydrogens is 208 g/mol. The number of carbonyl (C=O) groups excluding carboxylic acids is 1. The summed E-state index contributed by atoms with van der Waals surface area (Å²) in [5.41, 5.74) is 0. The molecule has 14 heavy (non-hydrogen) atoms. The van der Waals surface area contributed by atoms with Gasteiger partial charge in [0.1, 0.15) is 10.8 Å². The fourth-order valence-electron chi connectivity index (χ4n) is 1.45. The Morgan fingerprint density at radius 1 is 1.43 bits per heavy atom. The van der Waals surface area contributed by atoms with Crippen molar-refractivity contribution in [3.63, 3.8) is 0 Å². The van der Waals surface area contributed by atoms with Crippen LogP contribution in [0.5, 0.6) is 0 Å². The fraction of sp³-hybridized carbons (Fsp3) is 0.750. The lowest BCUT2D eigenvalue weighted by atomic mass is 9.94. The molecule has 1 fully saturated rings. The lowest BCUT2D eigenvalue weighted by Gasteiger charge is -2.08. The largest absolute Gasteiger partial charge is 0.430 e. The molecule has 0 spiro atoms. The molecular formula is C8H12O5S. The SMILES string of the molecule is COC1OC(=O)C(C(C)C)C1=S(=O)=O. The molecule has 0 aliphatic carbocycles. The van der Waals surface area contributed by atoms with E-state index in [-0.39, 0.29) is 10.8 Å². The average Bonchev–Trinajstić information content (AvgIpc) is 2.41. The topological polar surface area (TPSA) is 69.7 Å². The van der Waals surface area contributed by atoms with Crippen LogP contribution in [0, 0.1) is 11.8 Å². The highest BCUT2D eigenvalue weighted by Gasteiger charge is 2.44. The minimum absolute atomic E-state index is 0.00694. The summed E-state index contributed by atoms with van der Waals surface area (Å²) in [6.45, 7) is 3.52. The van der Waals surface area contributed by atoms with Crippen LogP contribution in [0.3, 0.4) is 0 Å². The standard InChI is InChI=1S/C8H12O5S/c1-4(2)5-6(14(10)11)8(12-3)13-7(5)9/h4-5,8H,1-3H3. The van der Waals surface area contributed by atoms with Crippen molar-refractivity contribution in [3.8, 4) is 0 Å². The molecule has 0 aromatic heterocycles. The van der Waals surface area contributed by atoms with E-state index in [1.165, 1.54) is 7.11 Å². The van der Waals surface area contributed by atoms with E-state index in [0.717, 1.165) is 0 Å². The number of cyclic esters (lactones) is 1. The number of methoxy groups -OCH3 is 1. The average molecular weight is 220 g/mol. The lowest BCUT2D eigenvalue weighted by Crippen LogP contribution is -2.26. The molecule has 0 saturated carbocycles. The minimum atomic E-state index is -2.45. The van der Waals surface area contributed by atoms with Gasteiger partial charge < -0.3 is 9.47 Å². The Morgan fingerprint density at radius 2 is 2.00 bits per heavy atom. The van der Waals surface area contributed by atoms with Crippen LogP contribution in [-0.2, 0) is 24.6 Å². The third kappa shape index (κ3) is 1.80. The van der Waals surface area contributed by atoms with E-state index in [1.807, 2.05) is 0 Å². The molecule has 2 atom stereocenters. The Bertz CT molecular complexity index is 359. The predicted molar refractivity (Wildman–Crippen MR) is 49.1 cm³/mol. The molecule has 1 rings (SSSR count). The first-order chi connectivity index (χ1) is 6.49. The molecule has 5 nitrogen and oxygen atoms in total. The summed E-state index contributed by atoms with van der Waals surface area (Å²) in [5.74, 6) is -1.36. The Labute approximate surface area is 83.5 Å². The van der Waals surface area contributed by atoms with Gasteiger partial charge in [-0.25, -0.2) is 0 Å². The van der Waals surface area contributed by atoms with Gasteiger partial charge in [0.05, 0.1) is 0 Å². The molecule has 1 heterocycles. The van der Waals surface area contributed by atoms with Crippen molar-refractivity contribution in [2.24, 2.45) is 11.8 Å². The van der Waals surface area contributed by atoms with Crippen LogP contribution >= 0.6 is 0 Å². The van der Waals surface area contributed by atoms with Crippen LogP contribution < -0.4 is 0 Å². The van der Waals surface area contributed by atoms with Crippen molar-refractivity contribution in [2.45, 2.75) is 20.1 Å². The number of ether oxygens (including phenoxy) is 2. The molecule has 0 bridgehead atoms. The van der Waals surface area contributed by atoms with E-state index in [9.17, 15) is 13.2 Å². The molecule has 0 N–H and O–H groups in total. The van der Waals surface area contributed by atoms with E-state index in [4.69, 9.17) is 9.47 Å². The van der Waals surface area contributed by atoms with Crippen molar-refractivity contribution < 1.29 is 22.7 Å². The van der Waals surface area contributed by atoms with E-state index in [1.54, 1.807) is 13.8 Å². The Hall–Kier alpha value is -0.880. The van der Waals surface area contributed by atoms with Crippen LogP contribution in [0.2, 0.25) is 0 Å². The second-order valence-corrected chi connectivity index (χ2v) is 4.30. The Balaban J connectivity index is 3.19. The molecule has 6 heteroatoms. The number of hydrogen-bond acceptors (Lipinski definition) is 5. The quantitative estimate of drug-likeness (QED) is 0.477. The monoisotopic (exact) mass is 220 g/mol. The summed E-state index contributed by atoms with van der Waals surface area (Å²) in [6, 6.07) is 0. The molecule has 0 aromatic rings. The molecule has 0 amide bonds. The summed E-state index contributed by atoms with van der Waals surface area (Å²) in [5, 5.41) is 0. The van der Waals surface area contributed by atoms with Crippen molar-refractivity contribution >= 4 is 21.1 Å². The molecule has 1 aliphatic heterocycles. The third-order valence-electron chi connectivity index (χ3n) is 2.09. The van der Waals surface area contributed by atoms with Gasteiger partial charge in [0, 0.05) is 7.11 Å². The summed E-state index contributed by atoms with van der Waals surface area (Å²) in [4.78, 5) is 11.3. The van der Waals surface area contributed by atoms with Crippen molar-refractivity contribution in [1.82, 2.24) is 0 Å². The fourth-order valence-corrected chi connectivity index (χ4v) is 2.32. The number of carbonyl (C=O) groups is 1. The highest BCUT2D eigenvalue weighted by atomic mass is 32.2. The number of hydrogen-bond donors (Lipinski definition) is 0. The van der Waals surface area contributed by atoms with Gasteiger partial charge in [-0.2, -0.15) is 8.42 Å². The maximum atomic E-state index is 11.3. The third-order valence-corrected chi connectivity index (χ3v) is 2.92. The Kier molecular flexibility index (Phi) is 3.28. The van der Waals surface area contributed by atoms with Crippen LogP contribution in [0.25, 0.3) is 0 Å². The van der Waals surface area contributed by atoms with Crippen molar-refractivity contribution in [1.29, 1.82) is 0 Å². The van der Waals surface area contributed by atoms with Gasteiger partial charge in [-0.15, -0.1) is 0 Å². The van der Waals surface area contributed by atoms with Crippen LogP contribution in [0.4, 0.5) is 0 Å². The molecule has 1 saturated heterocycles. The maximum Gasteiger partial charge on any atom is 0.317 e. The first kappa shape index (κ1) is 11.2. The summed E-state index contributed by atoms with van der Waals surface area (Å²) >= 11 is 0. The highest BCUT2D eigenvalue weighted by Crippen LogP contribution is 2.25. The van der Waals surface area contributed by atoms with Crippen LogP contribution in [0.1, 0.15) is 13.8 Å². The first-order valence-electron chi connectivity index (χ1n) is 4.18. The lowest BCUT2D eigenvalue weighted by molar-refractivity contribution is -0.157. The summed E-state index contributed by atoms with van der Waals surface area (Å²) < 4.78 is 31.3. The molecule has 80 valence electrons.